The van der Waals surface area contributed by atoms with Crippen LogP contribution in [-0.2, 0) is 14.3 Å². The minimum Gasteiger partial charge on any atom is -0.469 e. The van der Waals surface area contributed by atoms with Gasteiger partial charge in [-0.3, -0.25) is 9.59 Å². The number of allylic oxidation sites excluding steroid dienone is 1. The highest BCUT2D eigenvalue weighted by molar-refractivity contribution is 6.01. The summed E-state index contributed by atoms with van der Waals surface area (Å²) in [5.74, 6) is -0.507. The van der Waals surface area contributed by atoms with Crippen LogP contribution in [-0.4, -0.2) is 18.9 Å². The molecule has 1 saturated carbocycles. The lowest BCUT2D eigenvalue weighted by atomic mass is 9.81. The Balaban J connectivity index is 2.98. The van der Waals surface area contributed by atoms with Gasteiger partial charge >= 0.3 is 5.97 Å². The molecule has 0 saturated heterocycles. The molecule has 0 radical (unpaired) electrons. The van der Waals surface area contributed by atoms with Crippen molar-refractivity contribution in [2.75, 3.05) is 7.11 Å². The molecule has 1 rings (SSSR count). The van der Waals surface area contributed by atoms with Gasteiger partial charge in [0.2, 0.25) is 0 Å². The van der Waals surface area contributed by atoms with Crippen LogP contribution in [0, 0.1) is 5.92 Å². The lowest BCUT2D eigenvalue weighted by Crippen LogP contribution is -2.27. The number of esters is 1. The van der Waals surface area contributed by atoms with Gasteiger partial charge in [-0.25, -0.2) is 0 Å². The highest BCUT2D eigenvalue weighted by Gasteiger charge is 2.32. The maximum absolute atomic E-state index is 11.6. The first kappa shape index (κ1) is 11.0. The van der Waals surface area contributed by atoms with Crippen molar-refractivity contribution >= 4 is 11.8 Å². The molecule has 14 heavy (non-hydrogen) atoms. The van der Waals surface area contributed by atoms with E-state index in [0.717, 1.165) is 18.4 Å². The van der Waals surface area contributed by atoms with E-state index in [4.69, 9.17) is 4.74 Å². The molecule has 1 atom stereocenters. The fraction of sp³-hybridized carbons (Fsp3) is 0.636. The molecule has 1 aliphatic rings. The van der Waals surface area contributed by atoms with Gasteiger partial charge < -0.3 is 4.74 Å². The number of hydrogen-bond acceptors (Lipinski definition) is 3. The molecular formula is C11H16O3. The second-order valence-electron chi connectivity index (χ2n) is 3.80. The summed E-state index contributed by atoms with van der Waals surface area (Å²) in [6.07, 6.45) is 2.09. The molecule has 0 bridgehead atoms. The van der Waals surface area contributed by atoms with Gasteiger partial charge in [-0.15, -0.1) is 0 Å². The monoisotopic (exact) mass is 196 g/mol. The molecule has 0 spiro atoms. The Labute approximate surface area is 84.1 Å². The second-order valence-corrected chi connectivity index (χ2v) is 3.80. The number of methoxy groups -OCH3 is 1. The zero-order valence-corrected chi connectivity index (χ0v) is 8.92. The first-order valence-corrected chi connectivity index (χ1v) is 4.86. The summed E-state index contributed by atoms with van der Waals surface area (Å²) in [5, 5.41) is 0. The van der Waals surface area contributed by atoms with Crippen LogP contribution in [0.3, 0.4) is 0 Å². The van der Waals surface area contributed by atoms with E-state index < -0.39 is 0 Å². The molecule has 3 heteroatoms. The van der Waals surface area contributed by atoms with Crippen LogP contribution >= 0.6 is 0 Å². The van der Waals surface area contributed by atoms with Gasteiger partial charge in [0, 0.05) is 12.0 Å². The molecule has 0 aromatic carbocycles. The third kappa shape index (κ3) is 2.03. The molecular weight excluding hydrogens is 180 g/mol. The van der Waals surface area contributed by atoms with Crippen molar-refractivity contribution in [1.82, 2.24) is 0 Å². The largest absolute Gasteiger partial charge is 0.469 e. The third-order valence-corrected chi connectivity index (χ3v) is 2.57. The SMILES string of the molecule is COC(=O)C1CCCC(=O)C1=C(C)C. The van der Waals surface area contributed by atoms with E-state index in [0.29, 0.717) is 12.0 Å². The van der Waals surface area contributed by atoms with Gasteiger partial charge in [0.1, 0.15) is 0 Å². The number of rotatable bonds is 1. The highest BCUT2D eigenvalue weighted by atomic mass is 16.5. The van der Waals surface area contributed by atoms with E-state index >= 15 is 0 Å². The Morgan fingerprint density at radius 2 is 2.07 bits per heavy atom. The van der Waals surface area contributed by atoms with Crippen molar-refractivity contribution in [3.05, 3.63) is 11.1 Å². The zero-order valence-electron chi connectivity index (χ0n) is 8.92. The van der Waals surface area contributed by atoms with Gasteiger partial charge in [0.25, 0.3) is 0 Å². The first-order chi connectivity index (χ1) is 6.57. The molecule has 0 aromatic rings. The highest BCUT2D eigenvalue weighted by Crippen LogP contribution is 2.29. The number of ether oxygens (including phenoxy) is 1. The topological polar surface area (TPSA) is 43.4 Å². The van der Waals surface area contributed by atoms with Crippen LogP contribution in [0.4, 0.5) is 0 Å². The third-order valence-electron chi connectivity index (χ3n) is 2.57. The van der Waals surface area contributed by atoms with E-state index in [9.17, 15) is 9.59 Å². The van der Waals surface area contributed by atoms with Crippen molar-refractivity contribution in [2.24, 2.45) is 5.92 Å². The molecule has 0 aromatic heterocycles. The number of Topliss-reactive ketones (excluding diaryl/α,β-unsaturated/α-hetero) is 1. The number of carbonyl (C=O) groups excluding carboxylic acids is 2. The fourth-order valence-electron chi connectivity index (χ4n) is 1.95. The maximum atomic E-state index is 11.6. The minimum absolute atomic E-state index is 0.103. The Morgan fingerprint density at radius 3 is 2.57 bits per heavy atom. The van der Waals surface area contributed by atoms with Crippen LogP contribution < -0.4 is 0 Å². The summed E-state index contributed by atoms with van der Waals surface area (Å²) in [6, 6.07) is 0. The molecule has 0 N–H and O–H groups in total. The van der Waals surface area contributed by atoms with Crippen LogP contribution in [0.5, 0.6) is 0 Å². The minimum atomic E-state index is -0.328. The molecule has 0 amide bonds. The van der Waals surface area contributed by atoms with Gasteiger partial charge in [-0.2, -0.15) is 0 Å². The predicted molar refractivity (Wildman–Crippen MR) is 52.7 cm³/mol. The summed E-state index contributed by atoms with van der Waals surface area (Å²) < 4.78 is 4.69. The van der Waals surface area contributed by atoms with E-state index in [-0.39, 0.29) is 17.7 Å². The summed E-state index contributed by atoms with van der Waals surface area (Å²) in [5.41, 5.74) is 1.60. The summed E-state index contributed by atoms with van der Waals surface area (Å²) in [4.78, 5) is 23.0. The molecule has 1 fully saturated rings. The van der Waals surface area contributed by atoms with Crippen molar-refractivity contribution in [1.29, 1.82) is 0 Å². The summed E-state index contributed by atoms with van der Waals surface area (Å²) in [7, 11) is 1.37. The van der Waals surface area contributed by atoms with E-state index in [1.807, 2.05) is 13.8 Å². The lowest BCUT2D eigenvalue weighted by molar-refractivity contribution is -0.145. The second kappa shape index (κ2) is 4.40. The average molecular weight is 196 g/mol. The van der Waals surface area contributed by atoms with Gasteiger partial charge in [-0.1, -0.05) is 5.57 Å². The first-order valence-electron chi connectivity index (χ1n) is 4.86. The van der Waals surface area contributed by atoms with Crippen molar-refractivity contribution in [2.45, 2.75) is 33.1 Å². The average Bonchev–Trinajstić information content (AvgIpc) is 2.15. The van der Waals surface area contributed by atoms with Gasteiger partial charge in [0.15, 0.2) is 5.78 Å². The molecule has 1 aliphatic carbocycles. The quantitative estimate of drug-likeness (QED) is 0.475. The zero-order chi connectivity index (χ0) is 10.7. The van der Waals surface area contributed by atoms with Crippen LogP contribution in [0.15, 0.2) is 11.1 Å². The Bertz CT molecular complexity index is 285. The van der Waals surface area contributed by atoms with Crippen LogP contribution in [0.25, 0.3) is 0 Å². The number of ketones is 1. The Morgan fingerprint density at radius 1 is 1.43 bits per heavy atom. The molecule has 0 aliphatic heterocycles. The molecule has 0 heterocycles. The smallest absolute Gasteiger partial charge is 0.313 e. The van der Waals surface area contributed by atoms with E-state index in [2.05, 4.69) is 0 Å². The maximum Gasteiger partial charge on any atom is 0.313 e. The van der Waals surface area contributed by atoms with Crippen LogP contribution in [0.1, 0.15) is 33.1 Å². The fourth-order valence-corrected chi connectivity index (χ4v) is 1.95. The lowest BCUT2D eigenvalue weighted by Gasteiger charge is -2.23. The van der Waals surface area contributed by atoms with Gasteiger partial charge in [-0.05, 0) is 26.7 Å². The predicted octanol–water partition coefficient (Wildman–Crippen LogP) is 1.86. The van der Waals surface area contributed by atoms with Gasteiger partial charge in [0.05, 0.1) is 13.0 Å². The number of hydrogen-bond donors (Lipinski definition) is 0. The summed E-state index contributed by atoms with van der Waals surface area (Å²) >= 11 is 0. The van der Waals surface area contributed by atoms with Crippen LogP contribution in [0.2, 0.25) is 0 Å². The van der Waals surface area contributed by atoms with Crippen molar-refractivity contribution in [3.63, 3.8) is 0 Å². The van der Waals surface area contributed by atoms with E-state index in [1.165, 1.54) is 7.11 Å². The standard InChI is InChI=1S/C11H16O3/c1-7(2)10-8(11(13)14-3)5-4-6-9(10)12/h8H,4-6H2,1-3H3. The normalized spacial score (nSPS) is 22.1. The van der Waals surface area contributed by atoms with Crippen molar-refractivity contribution < 1.29 is 14.3 Å². The number of carbonyl (C=O) groups is 2. The van der Waals surface area contributed by atoms with Crippen molar-refractivity contribution in [3.8, 4) is 0 Å². The Kier molecular flexibility index (Phi) is 3.44. The Hall–Kier alpha value is -1.12. The molecule has 78 valence electrons. The molecule has 1 unspecified atom stereocenters. The molecule has 3 nitrogen and oxygen atoms in total. The summed E-state index contributed by atoms with van der Waals surface area (Å²) in [6.45, 7) is 3.74. The van der Waals surface area contributed by atoms with E-state index in [1.54, 1.807) is 0 Å².